The maximum absolute atomic E-state index is 11.9. The summed E-state index contributed by atoms with van der Waals surface area (Å²) < 4.78 is 7.46. The molecule has 2 aromatic carbocycles. The van der Waals surface area contributed by atoms with E-state index in [1.807, 2.05) is 42.5 Å². The summed E-state index contributed by atoms with van der Waals surface area (Å²) in [6, 6.07) is 17.0. The van der Waals surface area contributed by atoms with Crippen molar-refractivity contribution < 1.29 is 9.53 Å². The smallest absolute Gasteiger partial charge is 0.272 e. The molecule has 0 bridgehead atoms. The predicted molar refractivity (Wildman–Crippen MR) is 112 cm³/mol. The first-order valence-electron chi connectivity index (χ1n) is 8.02. The number of halogens is 2. The number of hydrogen-bond acceptors (Lipinski definition) is 4. The van der Waals surface area contributed by atoms with E-state index in [2.05, 4.69) is 47.4 Å². The van der Waals surface area contributed by atoms with Gasteiger partial charge in [-0.1, -0.05) is 30.3 Å². The van der Waals surface area contributed by atoms with Crippen LogP contribution in [0.15, 0.2) is 81.0 Å². The maximum atomic E-state index is 11.9. The number of carbonyl (C=O) groups excluding carboxylic acids is 1. The van der Waals surface area contributed by atoms with Gasteiger partial charge in [0.05, 0.1) is 20.7 Å². The minimum absolute atomic E-state index is 0.319. The van der Waals surface area contributed by atoms with E-state index >= 15 is 0 Å². The Balaban J connectivity index is 1.64. The minimum Gasteiger partial charge on any atom is -0.487 e. The normalized spacial score (nSPS) is 10.7. The maximum Gasteiger partial charge on any atom is 0.272 e. The number of nitrogens with zero attached hydrogens (tertiary/aromatic N) is 2. The van der Waals surface area contributed by atoms with E-state index in [4.69, 9.17) is 4.74 Å². The van der Waals surface area contributed by atoms with Gasteiger partial charge in [-0.3, -0.25) is 9.78 Å². The lowest BCUT2D eigenvalue weighted by Crippen LogP contribution is -2.17. The number of carbonyl (C=O) groups is 1. The molecule has 1 aromatic heterocycles. The number of benzene rings is 2. The Bertz CT molecular complexity index is 925. The predicted octanol–water partition coefficient (Wildman–Crippen LogP) is 4.95. The van der Waals surface area contributed by atoms with Crippen molar-refractivity contribution >= 4 is 44.0 Å². The molecule has 0 radical (unpaired) electrons. The monoisotopic (exact) mass is 487 g/mol. The van der Waals surface area contributed by atoms with Gasteiger partial charge in [0.25, 0.3) is 5.91 Å². The molecule has 0 aliphatic carbocycles. The Labute approximate surface area is 173 Å². The molecule has 5 nitrogen and oxygen atoms in total. The summed E-state index contributed by atoms with van der Waals surface area (Å²) in [5.41, 5.74) is 4.80. The van der Waals surface area contributed by atoms with E-state index in [1.165, 1.54) is 6.20 Å². The summed E-state index contributed by atoms with van der Waals surface area (Å²) in [5, 5.41) is 3.99. The molecule has 27 heavy (non-hydrogen) atoms. The van der Waals surface area contributed by atoms with Crippen LogP contribution < -0.4 is 10.2 Å². The first kappa shape index (κ1) is 19.3. The van der Waals surface area contributed by atoms with Gasteiger partial charge >= 0.3 is 0 Å². The van der Waals surface area contributed by atoms with Gasteiger partial charge in [0.1, 0.15) is 12.4 Å². The Morgan fingerprint density at radius 1 is 1.11 bits per heavy atom. The van der Waals surface area contributed by atoms with Crippen LogP contribution in [-0.4, -0.2) is 17.1 Å². The van der Waals surface area contributed by atoms with Gasteiger partial charge in [-0.25, -0.2) is 5.43 Å². The summed E-state index contributed by atoms with van der Waals surface area (Å²) in [4.78, 5) is 15.8. The van der Waals surface area contributed by atoms with Gasteiger partial charge < -0.3 is 4.74 Å². The minimum atomic E-state index is -0.319. The Morgan fingerprint density at radius 3 is 2.52 bits per heavy atom. The second-order valence-electron chi connectivity index (χ2n) is 5.53. The Morgan fingerprint density at radius 2 is 1.85 bits per heavy atom. The molecule has 1 N–H and O–H groups in total. The molecular formula is C20H15Br2N3O2. The Kier molecular flexibility index (Phi) is 6.73. The second-order valence-corrected chi connectivity index (χ2v) is 7.24. The zero-order valence-corrected chi connectivity index (χ0v) is 17.3. The largest absolute Gasteiger partial charge is 0.487 e. The highest BCUT2D eigenvalue weighted by atomic mass is 79.9. The molecule has 7 heteroatoms. The average molecular weight is 489 g/mol. The van der Waals surface area contributed by atoms with Gasteiger partial charge in [-0.05, 0) is 67.3 Å². The van der Waals surface area contributed by atoms with E-state index < -0.39 is 0 Å². The molecule has 0 saturated carbocycles. The average Bonchev–Trinajstić information content (AvgIpc) is 2.69. The molecule has 0 aliphatic heterocycles. The number of amides is 1. The van der Waals surface area contributed by atoms with Crippen molar-refractivity contribution in [3.8, 4) is 5.75 Å². The van der Waals surface area contributed by atoms with Crippen LogP contribution in [0.3, 0.4) is 0 Å². The highest BCUT2D eigenvalue weighted by Crippen LogP contribution is 2.35. The molecule has 0 saturated heterocycles. The third-order valence-corrected chi connectivity index (χ3v) is 4.73. The lowest BCUT2D eigenvalue weighted by molar-refractivity contribution is 0.0955. The Hall–Kier alpha value is -2.51. The van der Waals surface area contributed by atoms with Crippen LogP contribution >= 0.6 is 31.9 Å². The van der Waals surface area contributed by atoms with Crippen molar-refractivity contribution in [2.45, 2.75) is 6.61 Å². The fourth-order valence-corrected chi connectivity index (χ4v) is 3.70. The summed E-state index contributed by atoms with van der Waals surface area (Å²) in [6.07, 6.45) is 4.65. The number of pyridine rings is 1. The fraction of sp³-hybridized carbons (Fsp3) is 0.0500. The lowest BCUT2D eigenvalue weighted by Gasteiger charge is -2.11. The topological polar surface area (TPSA) is 63.6 Å². The number of aromatic nitrogens is 1. The molecule has 0 spiro atoms. The molecule has 3 aromatic rings. The fourth-order valence-electron chi connectivity index (χ4n) is 2.25. The first-order chi connectivity index (χ1) is 13.1. The van der Waals surface area contributed by atoms with Gasteiger partial charge in [-0.15, -0.1) is 0 Å². The van der Waals surface area contributed by atoms with E-state index in [1.54, 1.807) is 24.5 Å². The van der Waals surface area contributed by atoms with Crippen LogP contribution in [0.1, 0.15) is 21.5 Å². The quantitative estimate of drug-likeness (QED) is 0.394. The van der Waals surface area contributed by atoms with E-state index in [0.717, 1.165) is 20.1 Å². The number of ether oxygens (including phenoxy) is 1. The van der Waals surface area contributed by atoms with Crippen LogP contribution in [0.5, 0.6) is 5.75 Å². The van der Waals surface area contributed by atoms with Gasteiger partial charge in [-0.2, -0.15) is 5.10 Å². The number of hydrogen-bond donors (Lipinski definition) is 1. The zero-order valence-electron chi connectivity index (χ0n) is 14.1. The SMILES string of the molecule is O=C(N/N=C/c1cc(Br)c(OCc2ccccc2)c(Br)c1)c1cccnc1. The number of hydrazone groups is 1. The molecule has 0 fully saturated rings. The molecule has 0 atom stereocenters. The van der Waals surface area contributed by atoms with E-state index in [9.17, 15) is 4.79 Å². The number of nitrogens with one attached hydrogen (secondary N) is 1. The third-order valence-electron chi connectivity index (χ3n) is 3.55. The molecule has 1 amide bonds. The molecule has 1 heterocycles. The van der Waals surface area contributed by atoms with Gasteiger partial charge in [0.15, 0.2) is 0 Å². The van der Waals surface area contributed by atoms with Crippen molar-refractivity contribution in [2.75, 3.05) is 0 Å². The number of rotatable bonds is 6. The second kappa shape index (κ2) is 9.43. The van der Waals surface area contributed by atoms with Crippen LogP contribution in [0, 0.1) is 0 Å². The molecule has 136 valence electrons. The first-order valence-corrected chi connectivity index (χ1v) is 9.61. The zero-order chi connectivity index (χ0) is 19.1. The third kappa shape index (κ3) is 5.48. The van der Waals surface area contributed by atoms with E-state index in [-0.39, 0.29) is 5.91 Å². The summed E-state index contributed by atoms with van der Waals surface area (Å²) in [6.45, 7) is 0.465. The highest BCUT2D eigenvalue weighted by Gasteiger charge is 2.09. The van der Waals surface area contributed by atoms with Crippen molar-refractivity contribution in [1.29, 1.82) is 0 Å². The summed E-state index contributed by atoms with van der Waals surface area (Å²) in [7, 11) is 0. The highest BCUT2D eigenvalue weighted by molar-refractivity contribution is 9.11. The van der Waals surface area contributed by atoms with Crippen molar-refractivity contribution in [3.05, 3.63) is 92.6 Å². The van der Waals surface area contributed by atoms with Crippen molar-refractivity contribution in [3.63, 3.8) is 0 Å². The summed E-state index contributed by atoms with van der Waals surface area (Å²) in [5.74, 6) is 0.385. The summed E-state index contributed by atoms with van der Waals surface area (Å²) >= 11 is 7.03. The van der Waals surface area contributed by atoms with Crippen molar-refractivity contribution in [1.82, 2.24) is 10.4 Å². The van der Waals surface area contributed by atoms with Crippen LogP contribution in [-0.2, 0) is 6.61 Å². The standard InChI is InChI=1S/C20H15Br2N3O2/c21-17-9-15(11-24-25-20(26)16-7-4-8-23-12-16)10-18(22)19(17)27-13-14-5-2-1-3-6-14/h1-12H,13H2,(H,25,26)/b24-11+. The van der Waals surface area contributed by atoms with Crippen LogP contribution in [0.2, 0.25) is 0 Å². The molecule has 3 rings (SSSR count). The molecule has 0 aliphatic rings. The molecule has 0 unspecified atom stereocenters. The molecular weight excluding hydrogens is 474 g/mol. The van der Waals surface area contributed by atoms with Crippen molar-refractivity contribution in [2.24, 2.45) is 5.10 Å². The van der Waals surface area contributed by atoms with Crippen LogP contribution in [0.25, 0.3) is 0 Å². The van der Waals surface area contributed by atoms with Gasteiger partial charge in [0, 0.05) is 12.4 Å². The lowest BCUT2D eigenvalue weighted by atomic mass is 10.2. The van der Waals surface area contributed by atoms with E-state index in [0.29, 0.717) is 17.9 Å². The van der Waals surface area contributed by atoms with Gasteiger partial charge in [0.2, 0.25) is 0 Å². The van der Waals surface area contributed by atoms with Crippen LogP contribution in [0.4, 0.5) is 0 Å².